The molecule has 3 rings (SSSR count). The third-order valence-corrected chi connectivity index (χ3v) is 5.14. The van der Waals surface area contributed by atoms with Crippen LogP contribution in [0.25, 0.3) is 0 Å². The summed E-state index contributed by atoms with van der Waals surface area (Å²) in [6.45, 7) is 4.97. The van der Waals surface area contributed by atoms with E-state index in [-0.39, 0.29) is 17.1 Å². The summed E-state index contributed by atoms with van der Waals surface area (Å²) < 4.78 is 18.4. The summed E-state index contributed by atoms with van der Waals surface area (Å²) >= 11 is 1.61. The molecule has 1 atom stereocenters. The first-order valence-corrected chi connectivity index (χ1v) is 8.25. The second-order valence-electron chi connectivity index (χ2n) is 5.26. The van der Waals surface area contributed by atoms with Crippen molar-refractivity contribution in [3.63, 3.8) is 0 Å². The summed E-state index contributed by atoms with van der Waals surface area (Å²) in [5, 5.41) is 0.0131. The van der Waals surface area contributed by atoms with Crippen LogP contribution in [0.5, 0.6) is 0 Å². The lowest BCUT2D eigenvalue weighted by molar-refractivity contribution is -0.128. The van der Waals surface area contributed by atoms with Gasteiger partial charge in [-0.05, 0) is 17.7 Å². The fraction of sp³-hybridized carbons (Fsp3) is 0.533. The molecular formula is C15H19FN2O2S. The maximum absolute atomic E-state index is 13.0. The Kier molecular flexibility index (Phi) is 4.77. The van der Waals surface area contributed by atoms with Gasteiger partial charge in [0.15, 0.2) is 0 Å². The van der Waals surface area contributed by atoms with Crippen LogP contribution in [-0.2, 0) is 9.53 Å². The molecular weight excluding hydrogens is 291 g/mol. The lowest BCUT2D eigenvalue weighted by Crippen LogP contribution is -2.42. The Morgan fingerprint density at radius 1 is 1.19 bits per heavy atom. The molecule has 114 valence electrons. The maximum atomic E-state index is 13.0. The van der Waals surface area contributed by atoms with Crippen molar-refractivity contribution in [3.05, 3.63) is 35.6 Å². The van der Waals surface area contributed by atoms with Gasteiger partial charge in [0, 0.05) is 26.2 Å². The van der Waals surface area contributed by atoms with Crippen molar-refractivity contribution in [2.45, 2.75) is 5.37 Å². The molecule has 1 unspecified atom stereocenters. The molecule has 6 heteroatoms. The Morgan fingerprint density at radius 2 is 1.90 bits per heavy atom. The molecule has 21 heavy (non-hydrogen) atoms. The number of hydrogen-bond acceptors (Lipinski definition) is 4. The highest BCUT2D eigenvalue weighted by atomic mass is 32.2. The third-order valence-electron chi connectivity index (χ3n) is 3.88. The number of halogens is 1. The molecule has 1 amide bonds. The standard InChI is InChI=1S/C15H19FN2O2S/c16-13-3-1-12(2-4-13)15-18(14(19)11-21-15)6-5-17-7-9-20-10-8-17/h1-4,15H,5-11H2. The normalized spacial score (nSPS) is 23.8. The van der Waals surface area contributed by atoms with Crippen LogP contribution >= 0.6 is 11.8 Å². The van der Waals surface area contributed by atoms with E-state index in [1.54, 1.807) is 23.9 Å². The van der Waals surface area contributed by atoms with E-state index in [1.165, 1.54) is 12.1 Å². The molecule has 2 saturated heterocycles. The van der Waals surface area contributed by atoms with Gasteiger partial charge in [-0.25, -0.2) is 4.39 Å². The minimum absolute atomic E-state index is 0.0131. The minimum atomic E-state index is -0.243. The first-order valence-electron chi connectivity index (χ1n) is 7.21. The number of nitrogens with zero attached hydrogens (tertiary/aromatic N) is 2. The molecule has 0 aliphatic carbocycles. The number of carbonyl (C=O) groups is 1. The van der Waals surface area contributed by atoms with Gasteiger partial charge in [0.25, 0.3) is 0 Å². The van der Waals surface area contributed by atoms with Crippen molar-refractivity contribution in [1.29, 1.82) is 0 Å². The number of amides is 1. The van der Waals surface area contributed by atoms with Gasteiger partial charge in [-0.2, -0.15) is 0 Å². The summed E-state index contributed by atoms with van der Waals surface area (Å²) in [5.74, 6) is 0.432. The van der Waals surface area contributed by atoms with Crippen LogP contribution in [0.15, 0.2) is 24.3 Å². The van der Waals surface area contributed by atoms with Crippen LogP contribution < -0.4 is 0 Å². The Balaban J connectivity index is 1.63. The van der Waals surface area contributed by atoms with Crippen LogP contribution in [0.4, 0.5) is 4.39 Å². The van der Waals surface area contributed by atoms with Gasteiger partial charge in [-0.3, -0.25) is 9.69 Å². The number of ether oxygens (including phenoxy) is 1. The van der Waals surface area contributed by atoms with E-state index in [0.29, 0.717) is 12.3 Å². The van der Waals surface area contributed by atoms with Crippen LogP contribution in [0.1, 0.15) is 10.9 Å². The van der Waals surface area contributed by atoms with Gasteiger partial charge in [-0.1, -0.05) is 12.1 Å². The van der Waals surface area contributed by atoms with Gasteiger partial charge in [0.1, 0.15) is 11.2 Å². The topological polar surface area (TPSA) is 32.8 Å². The van der Waals surface area contributed by atoms with Gasteiger partial charge in [-0.15, -0.1) is 11.8 Å². The Hall–Kier alpha value is -1.11. The fourth-order valence-corrected chi connectivity index (χ4v) is 3.89. The van der Waals surface area contributed by atoms with Crippen molar-refractivity contribution in [1.82, 2.24) is 9.80 Å². The van der Waals surface area contributed by atoms with Crippen LogP contribution in [0.2, 0.25) is 0 Å². The summed E-state index contributed by atoms with van der Waals surface area (Å²) in [5.41, 5.74) is 0.995. The fourth-order valence-electron chi connectivity index (χ4n) is 2.67. The van der Waals surface area contributed by atoms with E-state index in [9.17, 15) is 9.18 Å². The zero-order chi connectivity index (χ0) is 14.7. The second kappa shape index (κ2) is 6.77. The number of benzene rings is 1. The monoisotopic (exact) mass is 310 g/mol. The molecule has 0 saturated carbocycles. The van der Waals surface area contributed by atoms with Crippen molar-refractivity contribution >= 4 is 17.7 Å². The minimum Gasteiger partial charge on any atom is -0.379 e. The largest absolute Gasteiger partial charge is 0.379 e. The second-order valence-corrected chi connectivity index (χ2v) is 6.32. The molecule has 0 bridgehead atoms. The highest BCUT2D eigenvalue weighted by Gasteiger charge is 2.32. The van der Waals surface area contributed by atoms with Crippen LogP contribution in [0.3, 0.4) is 0 Å². The first kappa shape index (κ1) is 14.8. The molecule has 2 fully saturated rings. The van der Waals surface area contributed by atoms with Crippen LogP contribution in [-0.4, -0.2) is 60.9 Å². The van der Waals surface area contributed by atoms with E-state index in [0.717, 1.165) is 38.4 Å². The third kappa shape index (κ3) is 3.56. The number of rotatable bonds is 4. The highest BCUT2D eigenvalue weighted by Crippen LogP contribution is 2.38. The quantitative estimate of drug-likeness (QED) is 0.848. The maximum Gasteiger partial charge on any atom is 0.233 e. The van der Waals surface area contributed by atoms with Crippen molar-refractivity contribution in [2.75, 3.05) is 45.1 Å². The van der Waals surface area contributed by atoms with Gasteiger partial charge < -0.3 is 9.64 Å². The molecule has 2 aliphatic rings. The molecule has 1 aromatic rings. The average Bonchev–Trinajstić information content (AvgIpc) is 2.88. The summed E-state index contributed by atoms with van der Waals surface area (Å²) in [6, 6.07) is 6.46. The van der Waals surface area contributed by atoms with E-state index >= 15 is 0 Å². The summed E-state index contributed by atoms with van der Waals surface area (Å²) in [6.07, 6.45) is 0. The van der Waals surface area contributed by atoms with Gasteiger partial charge in [0.05, 0.1) is 19.0 Å². The summed E-state index contributed by atoms with van der Waals surface area (Å²) in [4.78, 5) is 16.3. The van der Waals surface area contributed by atoms with E-state index in [4.69, 9.17) is 4.74 Å². The Morgan fingerprint density at radius 3 is 2.62 bits per heavy atom. The molecule has 1 aromatic carbocycles. The Labute approximate surface area is 128 Å². The smallest absolute Gasteiger partial charge is 0.233 e. The molecule has 2 aliphatic heterocycles. The number of thioether (sulfide) groups is 1. The predicted molar refractivity (Wildman–Crippen MR) is 80.6 cm³/mol. The lowest BCUT2D eigenvalue weighted by atomic mass is 10.2. The number of carbonyl (C=O) groups excluding carboxylic acids is 1. The molecule has 0 N–H and O–H groups in total. The molecule has 4 nitrogen and oxygen atoms in total. The predicted octanol–water partition coefficient (Wildman–Crippen LogP) is 1.73. The van der Waals surface area contributed by atoms with E-state index in [1.807, 2.05) is 4.90 Å². The highest BCUT2D eigenvalue weighted by molar-refractivity contribution is 8.00. The van der Waals surface area contributed by atoms with Gasteiger partial charge >= 0.3 is 0 Å². The van der Waals surface area contributed by atoms with Crippen molar-refractivity contribution in [2.24, 2.45) is 0 Å². The van der Waals surface area contributed by atoms with Crippen molar-refractivity contribution < 1.29 is 13.9 Å². The number of hydrogen-bond donors (Lipinski definition) is 0. The molecule has 0 aromatic heterocycles. The zero-order valence-corrected chi connectivity index (χ0v) is 12.7. The lowest BCUT2D eigenvalue weighted by Gasteiger charge is -2.30. The van der Waals surface area contributed by atoms with E-state index < -0.39 is 0 Å². The van der Waals surface area contributed by atoms with Crippen LogP contribution in [0, 0.1) is 5.82 Å². The molecule has 2 heterocycles. The first-order chi connectivity index (χ1) is 10.2. The Bertz CT molecular complexity index is 491. The number of morpholine rings is 1. The molecule has 0 spiro atoms. The summed E-state index contributed by atoms with van der Waals surface area (Å²) in [7, 11) is 0. The van der Waals surface area contributed by atoms with Crippen molar-refractivity contribution in [3.8, 4) is 0 Å². The average molecular weight is 310 g/mol. The van der Waals surface area contributed by atoms with Gasteiger partial charge in [0.2, 0.25) is 5.91 Å². The van der Waals surface area contributed by atoms with E-state index in [2.05, 4.69) is 4.90 Å². The molecule has 0 radical (unpaired) electrons. The zero-order valence-electron chi connectivity index (χ0n) is 11.8. The SMILES string of the molecule is O=C1CSC(c2ccc(F)cc2)N1CCN1CCOCC1.